The molecule has 1 fully saturated rings. The van der Waals surface area contributed by atoms with Crippen LogP contribution in [0, 0.1) is 11.8 Å². The molecule has 2 aliphatic carbocycles. The van der Waals surface area contributed by atoms with Crippen LogP contribution >= 0.6 is 0 Å². The standard InChI is InChI=1S/C13H14O2.C3H8O/c1-8-12(7-14)13(8)5-4-9-6-10(15)2-3-11(9)13;1-3-4-2/h2-3,6-8,12,15H,4-5H2,1H3;3H2,1-2H3/t8-,12?,13?;/m1./s1. The van der Waals surface area contributed by atoms with Gasteiger partial charge in [0.1, 0.15) is 12.0 Å². The van der Waals surface area contributed by atoms with Crippen molar-refractivity contribution in [2.24, 2.45) is 11.8 Å². The Morgan fingerprint density at radius 3 is 2.74 bits per heavy atom. The number of carbonyl (C=O) groups excluding carboxylic acids is 1. The van der Waals surface area contributed by atoms with E-state index in [1.165, 1.54) is 11.1 Å². The molecule has 19 heavy (non-hydrogen) atoms. The molecule has 1 spiro atoms. The van der Waals surface area contributed by atoms with E-state index in [1.807, 2.05) is 19.1 Å². The fraction of sp³-hybridized carbons (Fsp3) is 0.562. The predicted molar refractivity (Wildman–Crippen MR) is 74.4 cm³/mol. The van der Waals surface area contributed by atoms with Crippen molar-refractivity contribution in [1.82, 2.24) is 0 Å². The van der Waals surface area contributed by atoms with Crippen LogP contribution in [0.5, 0.6) is 5.75 Å². The van der Waals surface area contributed by atoms with E-state index in [1.54, 1.807) is 13.2 Å². The summed E-state index contributed by atoms with van der Waals surface area (Å²) in [6.07, 6.45) is 3.17. The molecule has 1 N–H and O–H groups in total. The summed E-state index contributed by atoms with van der Waals surface area (Å²) in [5, 5.41) is 9.41. The highest BCUT2D eigenvalue weighted by atomic mass is 16.5. The molecule has 1 aromatic carbocycles. The maximum Gasteiger partial charge on any atom is 0.124 e. The minimum absolute atomic E-state index is 0.116. The number of benzene rings is 1. The number of rotatable bonds is 2. The van der Waals surface area contributed by atoms with Crippen LogP contribution in [-0.4, -0.2) is 25.1 Å². The highest BCUT2D eigenvalue weighted by Crippen LogP contribution is 2.65. The van der Waals surface area contributed by atoms with Crippen LogP contribution in [0.25, 0.3) is 0 Å². The summed E-state index contributed by atoms with van der Waals surface area (Å²) in [6, 6.07) is 5.58. The second-order valence-electron chi connectivity index (χ2n) is 5.41. The average molecular weight is 262 g/mol. The molecule has 2 aliphatic rings. The number of aryl methyl sites for hydroxylation is 1. The van der Waals surface area contributed by atoms with Gasteiger partial charge in [-0.2, -0.15) is 0 Å². The molecule has 3 rings (SSSR count). The third-order valence-corrected chi connectivity index (χ3v) is 4.67. The monoisotopic (exact) mass is 262 g/mol. The molecule has 0 heterocycles. The lowest BCUT2D eigenvalue weighted by molar-refractivity contribution is -0.109. The van der Waals surface area contributed by atoms with Crippen LogP contribution in [-0.2, 0) is 21.4 Å². The van der Waals surface area contributed by atoms with E-state index in [0.29, 0.717) is 11.7 Å². The van der Waals surface area contributed by atoms with Gasteiger partial charge in [-0.1, -0.05) is 13.0 Å². The number of phenolic OH excluding ortho intramolecular Hbond substituents is 1. The summed E-state index contributed by atoms with van der Waals surface area (Å²) in [4.78, 5) is 11.0. The Morgan fingerprint density at radius 2 is 2.21 bits per heavy atom. The quantitative estimate of drug-likeness (QED) is 0.834. The first-order valence-electron chi connectivity index (χ1n) is 6.88. The number of carbonyl (C=O) groups is 1. The maximum atomic E-state index is 11.0. The Hall–Kier alpha value is -1.35. The van der Waals surface area contributed by atoms with Crippen molar-refractivity contribution < 1.29 is 14.6 Å². The fourth-order valence-electron chi connectivity index (χ4n) is 3.44. The molecule has 0 bridgehead atoms. The van der Waals surface area contributed by atoms with Crippen molar-refractivity contribution in [3.63, 3.8) is 0 Å². The van der Waals surface area contributed by atoms with Gasteiger partial charge in [0.2, 0.25) is 0 Å². The van der Waals surface area contributed by atoms with E-state index in [9.17, 15) is 9.90 Å². The number of aromatic hydroxyl groups is 1. The van der Waals surface area contributed by atoms with Crippen LogP contribution in [0.15, 0.2) is 18.2 Å². The Bertz CT molecular complexity index is 467. The first-order chi connectivity index (χ1) is 9.11. The molecular weight excluding hydrogens is 240 g/mol. The lowest BCUT2D eigenvalue weighted by Crippen LogP contribution is -2.06. The summed E-state index contributed by atoms with van der Waals surface area (Å²) < 4.78 is 4.54. The van der Waals surface area contributed by atoms with Gasteiger partial charge in [-0.15, -0.1) is 0 Å². The minimum Gasteiger partial charge on any atom is -0.508 e. The molecule has 104 valence electrons. The molecule has 0 aliphatic heterocycles. The fourth-order valence-corrected chi connectivity index (χ4v) is 3.44. The molecular formula is C16H22O3. The highest BCUT2D eigenvalue weighted by molar-refractivity contribution is 5.68. The number of ether oxygens (including phenoxy) is 1. The third kappa shape index (κ3) is 2.16. The SMILES string of the molecule is CCOC.C[C@@H]1C(C=O)C12CCc1cc(O)ccc12. The molecule has 3 heteroatoms. The first kappa shape index (κ1) is 14.1. The summed E-state index contributed by atoms with van der Waals surface area (Å²) >= 11 is 0. The summed E-state index contributed by atoms with van der Waals surface area (Å²) in [5.41, 5.74) is 2.64. The topological polar surface area (TPSA) is 46.5 Å². The van der Waals surface area contributed by atoms with Crippen molar-refractivity contribution >= 4 is 6.29 Å². The normalized spacial score (nSPS) is 30.5. The minimum atomic E-state index is 0.116. The lowest BCUT2D eigenvalue weighted by atomic mass is 9.94. The van der Waals surface area contributed by atoms with Crippen molar-refractivity contribution in [3.05, 3.63) is 29.3 Å². The second kappa shape index (κ2) is 5.33. The van der Waals surface area contributed by atoms with Crippen molar-refractivity contribution in [2.75, 3.05) is 13.7 Å². The number of phenols is 1. The van der Waals surface area contributed by atoms with E-state index in [2.05, 4.69) is 11.7 Å². The number of fused-ring (bicyclic) bond motifs is 2. The number of hydrogen-bond donors (Lipinski definition) is 1. The van der Waals surface area contributed by atoms with Crippen molar-refractivity contribution in [2.45, 2.75) is 32.1 Å². The Labute approximate surface area is 114 Å². The maximum absolute atomic E-state index is 11.0. The molecule has 0 radical (unpaired) electrons. The molecule has 3 atom stereocenters. The third-order valence-electron chi connectivity index (χ3n) is 4.67. The Kier molecular flexibility index (Phi) is 3.95. The summed E-state index contributed by atoms with van der Waals surface area (Å²) in [5.74, 6) is 1.01. The van der Waals surface area contributed by atoms with Gasteiger partial charge in [-0.05, 0) is 48.9 Å². The average Bonchev–Trinajstić information content (AvgIpc) is 2.81. The van der Waals surface area contributed by atoms with Crippen LogP contribution in [0.2, 0.25) is 0 Å². The number of aldehydes is 1. The van der Waals surface area contributed by atoms with Gasteiger partial charge in [0.25, 0.3) is 0 Å². The Morgan fingerprint density at radius 1 is 1.53 bits per heavy atom. The molecule has 0 amide bonds. The number of methoxy groups -OCH3 is 1. The van der Waals surface area contributed by atoms with Gasteiger partial charge >= 0.3 is 0 Å². The zero-order valence-corrected chi connectivity index (χ0v) is 11.8. The molecule has 0 aromatic heterocycles. The zero-order chi connectivity index (χ0) is 14.0. The van der Waals surface area contributed by atoms with E-state index in [4.69, 9.17) is 0 Å². The van der Waals surface area contributed by atoms with Crippen molar-refractivity contribution in [3.8, 4) is 5.75 Å². The van der Waals surface area contributed by atoms with E-state index in [0.717, 1.165) is 25.7 Å². The summed E-state index contributed by atoms with van der Waals surface area (Å²) in [6.45, 7) is 4.93. The first-order valence-corrected chi connectivity index (χ1v) is 6.88. The van der Waals surface area contributed by atoms with Gasteiger partial charge in [0.05, 0.1) is 0 Å². The van der Waals surface area contributed by atoms with E-state index in [-0.39, 0.29) is 11.3 Å². The van der Waals surface area contributed by atoms with Crippen LogP contribution < -0.4 is 0 Å². The molecule has 1 aromatic rings. The summed E-state index contributed by atoms with van der Waals surface area (Å²) in [7, 11) is 1.68. The second-order valence-corrected chi connectivity index (χ2v) is 5.41. The van der Waals surface area contributed by atoms with E-state index < -0.39 is 0 Å². The van der Waals surface area contributed by atoms with Gasteiger partial charge in [0.15, 0.2) is 0 Å². The molecule has 1 saturated carbocycles. The van der Waals surface area contributed by atoms with Gasteiger partial charge in [-0.25, -0.2) is 0 Å². The van der Waals surface area contributed by atoms with Crippen LogP contribution in [0.4, 0.5) is 0 Å². The molecule has 3 nitrogen and oxygen atoms in total. The van der Waals surface area contributed by atoms with Crippen LogP contribution in [0.1, 0.15) is 31.4 Å². The van der Waals surface area contributed by atoms with E-state index >= 15 is 0 Å². The largest absolute Gasteiger partial charge is 0.508 e. The van der Waals surface area contributed by atoms with Gasteiger partial charge < -0.3 is 14.6 Å². The smallest absolute Gasteiger partial charge is 0.124 e. The van der Waals surface area contributed by atoms with Crippen molar-refractivity contribution in [1.29, 1.82) is 0 Å². The number of hydrogen-bond acceptors (Lipinski definition) is 3. The zero-order valence-electron chi connectivity index (χ0n) is 11.8. The highest BCUT2D eigenvalue weighted by Gasteiger charge is 2.64. The lowest BCUT2D eigenvalue weighted by Gasteiger charge is -2.10. The van der Waals surface area contributed by atoms with Gasteiger partial charge in [0, 0.05) is 25.0 Å². The Balaban J connectivity index is 0.000000297. The predicted octanol–water partition coefficient (Wildman–Crippen LogP) is 2.69. The van der Waals surface area contributed by atoms with Crippen LogP contribution in [0.3, 0.4) is 0 Å². The molecule has 2 unspecified atom stereocenters. The van der Waals surface area contributed by atoms with Gasteiger partial charge in [-0.3, -0.25) is 0 Å². The molecule has 0 saturated heterocycles.